The summed E-state index contributed by atoms with van der Waals surface area (Å²) in [6.07, 6.45) is 2.52. The third-order valence-corrected chi connectivity index (χ3v) is 4.62. The summed E-state index contributed by atoms with van der Waals surface area (Å²) in [5, 5.41) is 13.6. The van der Waals surface area contributed by atoms with Gasteiger partial charge in [-0.25, -0.2) is 9.48 Å². The molecule has 0 radical (unpaired) electrons. The second-order valence-corrected chi connectivity index (χ2v) is 6.45. The summed E-state index contributed by atoms with van der Waals surface area (Å²) in [6, 6.07) is 14.2. The second kappa shape index (κ2) is 7.74. The van der Waals surface area contributed by atoms with Gasteiger partial charge in [-0.1, -0.05) is 6.07 Å². The number of rotatable bonds is 6. The van der Waals surface area contributed by atoms with E-state index < -0.39 is 5.97 Å². The van der Waals surface area contributed by atoms with Gasteiger partial charge in [0.2, 0.25) is 0 Å². The molecule has 2 heterocycles. The average Bonchev–Trinajstić information content (AvgIpc) is 3.40. The Labute approximate surface area is 162 Å². The zero-order valence-electron chi connectivity index (χ0n) is 15.4. The Morgan fingerprint density at radius 3 is 2.86 bits per heavy atom. The van der Waals surface area contributed by atoms with Crippen molar-refractivity contribution in [3.8, 4) is 28.4 Å². The van der Waals surface area contributed by atoms with Crippen LogP contribution in [0.3, 0.4) is 0 Å². The standard InChI is InChI=1S/C21H20N2O5/c1-26-19-6-5-14(12-20(19)28-17-8-10-27-13-17)18-7-9-22-23(18)16-4-2-3-15(11-16)21(24)25/h2-7,9,11-12,17H,8,10,13H2,1H3,(H,24,25)/t17-/m1/s1. The molecular weight excluding hydrogens is 360 g/mol. The van der Waals surface area contributed by atoms with Crippen molar-refractivity contribution in [3.05, 3.63) is 60.3 Å². The molecule has 1 aliphatic rings. The summed E-state index contributed by atoms with van der Waals surface area (Å²) in [7, 11) is 1.61. The van der Waals surface area contributed by atoms with Crippen LogP contribution in [-0.4, -0.2) is 47.3 Å². The number of aromatic nitrogens is 2. The molecule has 28 heavy (non-hydrogen) atoms. The van der Waals surface area contributed by atoms with Gasteiger partial charge < -0.3 is 19.3 Å². The molecule has 144 valence electrons. The lowest BCUT2D eigenvalue weighted by atomic mass is 10.1. The molecule has 1 aromatic heterocycles. The minimum Gasteiger partial charge on any atom is -0.493 e. The number of carboxylic acid groups (broad SMARTS) is 1. The van der Waals surface area contributed by atoms with E-state index in [2.05, 4.69) is 5.10 Å². The number of hydrogen-bond donors (Lipinski definition) is 1. The second-order valence-electron chi connectivity index (χ2n) is 6.45. The molecule has 1 atom stereocenters. The minimum atomic E-state index is -0.977. The first-order chi connectivity index (χ1) is 13.7. The van der Waals surface area contributed by atoms with Gasteiger partial charge in [0.25, 0.3) is 0 Å². The van der Waals surface area contributed by atoms with Crippen LogP contribution in [-0.2, 0) is 4.74 Å². The third kappa shape index (κ3) is 3.57. The van der Waals surface area contributed by atoms with Crippen molar-refractivity contribution in [2.75, 3.05) is 20.3 Å². The number of nitrogens with zero attached hydrogens (tertiary/aromatic N) is 2. The average molecular weight is 380 g/mol. The summed E-state index contributed by atoms with van der Waals surface area (Å²) in [6.45, 7) is 1.26. The molecule has 4 rings (SSSR count). The van der Waals surface area contributed by atoms with Crippen LogP contribution in [0.15, 0.2) is 54.7 Å². The van der Waals surface area contributed by atoms with Gasteiger partial charge in [-0.05, 0) is 42.5 Å². The highest BCUT2D eigenvalue weighted by Gasteiger charge is 2.20. The topological polar surface area (TPSA) is 82.8 Å². The number of hydrogen-bond acceptors (Lipinski definition) is 5. The van der Waals surface area contributed by atoms with Gasteiger partial charge in [-0.2, -0.15) is 5.10 Å². The largest absolute Gasteiger partial charge is 0.493 e. The highest BCUT2D eigenvalue weighted by molar-refractivity contribution is 5.88. The van der Waals surface area contributed by atoms with E-state index in [1.807, 2.05) is 30.3 Å². The molecule has 3 aromatic rings. The Hall–Kier alpha value is -3.32. The molecule has 0 amide bonds. The number of ether oxygens (including phenoxy) is 3. The molecule has 7 nitrogen and oxygen atoms in total. The van der Waals surface area contributed by atoms with Crippen molar-refractivity contribution in [3.63, 3.8) is 0 Å². The summed E-state index contributed by atoms with van der Waals surface area (Å²) >= 11 is 0. The monoisotopic (exact) mass is 380 g/mol. The lowest BCUT2D eigenvalue weighted by Crippen LogP contribution is -2.16. The molecule has 1 N–H and O–H groups in total. The zero-order valence-corrected chi connectivity index (χ0v) is 15.4. The Morgan fingerprint density at radius 1 is 1.21 bits per heavy atom. The van der Waals surface area contributed by atoms with Gasteiger partial charge in [-0.15, -0.1) is 0 Å². The van der Waals surface area contributed by atoms with E-state index in [1.54, 1.807) is 36.2 Å². The van der Waals surface area contributed by atoms with Crippen molar-refractivity contribution < 1.29 is 24.1 Å². The quantitative estimate of drug-likeness (QED) is 0.706. The van der Waals surface area contributed by atoms with Gasteiger partial charge in [0, 0.05) is 12.0 Å². The van der Waals surface area contributed by atoms with Crippen LogP contribution in [0, 0.1) is 0 Å². The molecule has 0 spiro atoms. The molecule has 2 aromatic carbocycles. The number of carboxylic acids is 1. The van der Waals surface area contributed by atoms with Crippen molar-refractivity contribution in [2.24, 2.45) is 0 Å². The number of carbonyl (C=O) groups is 1. The summed E-state index contributed by atoms with van der Waals surface area (Å²) in [4.78, 5) is 11.3. The Balaban J connectivity index is 1.71. The van der Waals surface area contributed by atoms with Gasteiger partial charge in [0.05, 0.1) is 43.5 Å². The van der Waals surface area contributed by atoms with E-state index in [0.29, 0.717) is 30.4 Å². The predicted octanol–water partition coefficient (Wildman–Crippen LogP) is 3.41. The molecule has 7 heteroatoms. The number of benzene rings is 2. The predicted molar refractivity (Wildman–Crippen MR) is 102 cm³/mol. The first-order valence-electron chi connectivity index (χ1n) is 8.96. The van der Waals surface area contributed by atoms with Crippen molar-refractivity contribution in [1.82, 2.24) is 9.78 Å². The van der Waals surface area contributed by atoms with Crippen LogP contribution >= 0.6 is 0 Å². The van der Waals surface area contributed by atoms with Gasteiger partial charge in [-0.3, -0.25) is 0 Å². The van der Waals surface area contributed by atoms with E-state index in [1.165, 1.54) is 0 Å². The van der Waals surface area contributed by atoms with Gasteiger partial charge in [0.15, 0.2) is 11.5 Å². The fourth-order valence-corrected chi connectivity index (χ4v) is 3.21. The smallest absolute Gasteiger partial charge is 0.335 e. The van der Waals surface area contributed by atoms with E-state index in [-0.39, 0.29) is 11.7 Å². The fourth-order valence-electron chi connectivity index (χ4n) is 3.21. The molecule has 0 bridgehead atoms. The molecule has 1 saturated heterocycles. The SMILES string of the molecule is COc1ccc(-c2ccnn2-c2cccc(C(=O)O)c2)cc1O[C@@H]1CCOC1. The minimum absolute atomic E-state index is 0.00121. The van der Waals surface area contributed by atoms with E-state index in [0.717, 1.165) is 17.7 Å². The first-order valence-corrected chi connectivity index (χ1v) is 8.96. The maximum Gasteiger partial charge on any atom is 0.335 e. The Bertz CT molecular complexity index is 992. The first kappa shape index (κ1) is 18.1. The van der Waals surface area contributed by atoms with E-state index in [4.69, 9.17) is 14.2 Å². The van der Waals surface area contributed by atoms with Crippen LogP contribution in [0.5, 0.6) is 11.5 Å². The number of methoxy groups -OCH3 is 1. The molecule has 1 fully saturated rings. The fraction of sp³-hybridized carbons (Fsp3) is 0.238. The molecule has 1 aliphatic heterocycles. The maximum absolute atomic E-state index is 11.3. The summed E-state index contributed by atoms with van der Waals surface area (Å²) < 4.78 is 18.6. The highest BCUT2D eigenvalue weighted by Crippen LogP contribution is 2.34. The van der Waals surface area contributed by atoms with E-state index >= 15 is 0 Å². The van der Waals surface area contributed by atoms with Crippen LogP contribution in [0.25, 0.3) is 16.9 Å². The molecule has 0 unspecified atom stereocenters. The molecular formula is C21H20N2O5. The van der Waals surface area contributed by atoms with Crippen molar-refractivity contribution in [1.29, 1.82) is 0 Å². The van der Waals surface area contributed by atoms with Crippen LogP contribution in [0.4, 0.5) is 0 Å². The molecule has 0 saturated carbocycles. The van der Waals surface area contributed by atoms with Gasteiger partial charge >= 0.3 is 5.97 Å². The lowest BCUT2D eigenvalue weighted by Gasteiger charge is -2.16. The maximum atomic E-state index is 11.3. The number of aromatic carboxylic acids is 1. The van der Waals surface area contributed by atoms with E-state index in [9.17, 15) is 9.90 Å². The van der Waals surface area contributed by atoms with Crippen molar-refractivity contribution >= 4 is 5.97 Å². The summed E-state index contributed by atoms with van der Waals surface area (Å²) in [5.41, 5.74) is 2.58. The molecule has 0 aliphatic carbocycles. The Morgan fingerprint density at radius 2 is 2.11 bits per heavy atom. The zero-order chi connectivity index (χ0) is 19.5. The third-order valence-electron chi connectivity index (χ3n) is 4.62. The van der Waals surface area contributed by atoms with Crippen LogP contribution in [0.1, 0.15) is 16.8 Å². The lowest BCUT2D eigenvalue weighted by molar-refractivity contribution is 0.0697. The normalized spacial score (nSPS) is 16.1. The van der Waals surface area contributed by atoms with Crippen LogP contribution in [0.2, 0.25) is 0 Å². The van der Waals surface area contributed by atoms with Crippen LogP contribution < -0.4 is 9.47 Å². The van der Waals surface area contributed by atoms with Gasteiger partial charge in [0.1, 0.15) is 6.10 Å². The highest BCUT2D eigenvalue weighted by atomic mass is 16.6. The van der Waals surface area contributed by atoms with Crippen molar-refractivity contribution in [2.45, 2.75) is 12.5 Å². The Kier molecular flexibility index (Phi) is 4.99. The summed E-state index contributed by atoms with van der Waals surface area (Å²) in [5.74, 6) is 0.312.